The lowest BCUT2D eigenvalue weighted by molar-refractivity contribution is 0.0514. The van der Waals surface area contributed by atoms with Gasteiger partial charge in [0.15, 0.2) is 5.82 Å². The number of methoxy groups -OCH3 is 1. The Balaban J connectivity index is 1.43. The van der Waals surface area contributed by atoms with Gasteiger partial charge in [-0.05, 0) is 74.6 Å². The van der Waals surface area contributed by atoms with Gasteiger partial charge >= 0.3 is 0 Å². The Morgan fingerprint density at radius 1 is 1.19 bits per heavy atom. The summed E-state index contributed by atoms with van der Waals surface area (Å²) >= 11 is 0. The first kappa shape index (κ1) is 23.2. The molecule has 7 heteroatoms. The molecule has 2 fully saturated rings. The van der Waals surface area contributed by atoms with E-state index in [1.165, 1.54) is 19.3 Å². The Hall–Kier alpha value is -3.22. The number of carbonyl (C=O) groups is 1. The van der Waals surface area contributed by atoms with E-state index in [9.17, 15) is 4.79 Å². The van der Waals surface area contributed by atoms with Crippen LogP contribution in [0, 0.1) is 17.8 Å². The molecule has 1 unspecified atom stereocenters. The standard InChI is InChI=1S/C29H36N4O3/c1-17(2)21-9-6-18(3)32(16-21)28(34)22-12-23-26(25(14-22)35-5)31(4)27(30-23)24-13-20-10-11-36-29(20)33(24)15-19-7-8-19/h10-14,17-19,21H,6-9,15-16H2,1-5H3/t18-,21?/m0/s1. The van der Waals surface area contributed by atoms with E-state index in [4.69, 9.17) is 14.1 Å². The minimum atomic E-state index is 0.0647. The van der Waals surface area contributed by atoms with Crippen molar-refractivity contribution in [1.29, 1.82) is 0 Å². The molecular formula is C29H36N4O3. The molecule has 0 N–H and O–H groups in total. The van der Waals surface area contributed by atoms with E-state index in [-0.39, 0.29) is 11.9 Å². The predicted molar refractivity (Wildman–Crippen MR) is 141 cm³/mol. The Morgan fingerprint density at radius 2 is 2.00 bits per heavy atom. The number of aromatic nitrogens is 3. The topological polar surface area (TPSA) is 65.4 Å². The molecule has 0 radical (unpaired) electrons. The summed E-state index contributed by atoms with van der Waals surface area (Å²) in [5.74, 6) is 3.39. The number of nitrogens with zero attached hydrogens (tertiary/aromatic N) is 4. The fourth-order valence-corrected chi connectivity index (χ4v) is 5.85. The van der Waals surface area contributed by atoms with Crippen LogP contribution in [0.3, 0.4) is 0 Å². The normalized spacial score (nSPS) is 20.7. The van der Waals surface area contributed by atoms with Crippen LogP contribution < -0.4 is 4.74 Å². The SMILES string of the molecule is COc1cc(C(=O)N2CC(C(C)C)CC[C@@H]2C)cc2nc(-c3cc4ccoc4n3CC3CC3)n(C)c12. The zero-order chi connectivity index (χ0) is 25.1. The minimum absolute atomic E-state index is 0.0647. The molecule has 0 spiro atoms. The van der Waals surface area contributed by atoms with Crippen LogP contribution in [-0.2, 0) is 13.6 Å². The molecule has 1 amide bonds. The van der Waals surface area contributed by atoms with E-state index in [1.54, 1.807) is 13.4 Å². The van der Waals surface area contributed by atoms with Crippen LogP contribution in [0.1, 0.15) is 56.8 Å². The number of hydrogen-bond donors (Lipinski definition) is 0. The van der Waals surface area contributed by atoms with Crippen LogP contribution in [0.4, 0.5) is 0 Å². The summed E-state index contributed by atoms with van der Waals surface area (Å²) in [6.07, 6.45) is 6.49. The third-order valence-electron chi connectivity index (χ3n) is 8.39. The summed E-state index contributed by atoms with van der Waals surface area (Å²) in [7, 11) is 3.68. The average Bonchev–Trinajstić information content (AvgIpc) is 3.31. The maximum atomic E-state index is 13.7. The zero-order valence-corrected chi connectivity index (χ0v) is 22.0. The quantitative estimate of drug-likeness (QED) is 0.329. The van der Waals surface area contributed by atoms with Crippen molar-refractivity contribution in [2.45, 2.75) is 59.0 Å². The van der Waals surface area contributed by atoms with Crippen molar-refractivity contribution < 1.29 is 13.9 Å². The highest BCUT2D eigenvalue weighted by atomic mass is 16.5. The number of imidazole rings is 1. The van der Waals surface area contributed by atoms with Crippen molar-refractivity contribution in [3.05, 3.63) is 36.1 Å². The van der Waals surface area contributed by atoms with E-state index >= 15 is 0 Å². The third kappa shape index (κ3) is 3.80. The Labute approximate surface area is 212 Å². The number of furan rings is 1. The molecule has 36 heavy (non-hydrogen) atoms. The van der Waals surface area contributed by atoms with Gasteiger partial charge in [-0.3, -0.25) is 4.79 Å². The minimum Gasteiger partial charge on any atom is -0.494 e. The largest absolute Gasteiger partial charge is 0.494 e. The molecular weight excluding hydrogens is 452 g/mol. The highest BCUT2D eigenvalue weighted by Gasteiger charge is 2.32. The van der Waals surface area contributed by atoms with Crippen molar-refractivity contribution in [3.63, 3.8) is 0 Å². The summed E-state index contributed by atoms with van der Waals surface area (Å²) in [5.41, 5.74) is 4.24. The monoisotopic (exact) mass is 488 g/mol. The van der Waals surface area contributed by atoms with Crippen LogP contribution in [0.2, 0.25) is 0 Å². The number of carbonyl (C=O) groups excluding carboxylic acids is 1. The van der Waals surface area contributed by atoms with E-state index < -0.39 is 0 Å². The number of aryl methyl sites for hydroxylation is 1. The number of benzene rings is 1. The smallest absolute Gasteiger partial charge is 0.254 e. The molecule has 4 aromatic rings. The predicted octanol–water partition coefficient (Wildman–Crippen LogP) is 6.10. The highest BCUT2D eigenvalue weighted by molar-refractivity contribution is 6.00. The lowest BCUT2D eigenvalue weighted by Gasteiger charge is -2.39. The number of piperidine rings is 1. The second-order valence-electron chi connectivity index (χ2n) is 11.2. The number of rotatable bonds is 6. The fourth-order valence-electron chi connectivity index (χ4n) is 5.85. The molecule has 2 atom stereocenters. The molecule has 7 nitrogen and oxygen atoms in total. The summed E-state index contributed by atoms with van der Waals surface area (Å²) in [4.78, 5) is 20.8. The van der Waals surface area contributed by atoms with E-state index in [0.29, 0.717) is 29.1 Å². The first-order valence-electron chi connectivity index (χ1n) is 13.3. The van der Waals surface area contributed by atoms with Gasteiger partial charge in [-0.15, -0.1) is 0 Å². The van der Waals surface area contributed by atoms with Crippen LogP contribution in [0.15, 0.2) is 34.9 Å². The van der Waals surface area contributed by atoms with Crippen LogP contribution in [-0.4, -0.2) is 44.6 Å². The van der Waals surface area contributed by atoms with Crippen molar-refractivity contribution in [2.75, 3.05) is 13.7 Å². The lowest BCUT2D eigenvalue weighted by Crippen LogP contribution is -2.46. The van der Waals surface area contributed by atoms with Crippen molar-refractivity contribution >= 4 is 28.0 Å². The van der Waals surface area contributed by atoms with Gasteiger partial charge in [-0.1, -0.05) is 13.8 Å². The zero-order valence-electron chi connectivity index (χ0n) is 22.0. The molecule has 1 aromatic carbocycles. The summed E-state index contributed by atoms with van der Waals surface area (Å²) in [6.45, 7) is 8.40. The average molecular weight is 489 g/mol. The first-order chi connectivity index (χ1) is 17.4. The number of likely N-dealkylation sites (tertiary alicyclic amines) is 1. The van der Waals surface area contributed by atoms with Gasteiger partial charge in [0.1, 0.15) is 11.3 Å². The van der Waals surface area contributed by atoms with Gasteiger partial charge in [0.25, 0.3) is 5.91 Å². The molecule has 2 aliphatic rings. The maximum absolute atomic E-state index is 13.7. The van der Waals surface area contributed by atoms with Gasteiger partial charge in [0.2, 0.25) is 5.71 Å². The van der Waals surface area contributed by atoms with Gasteiger partial charge in [-0.25, -0.2) is 4.98 Å². The van der Waals surface area contributed by atoms with Crippen molar-refractivity contribution in [1.82, 2.24) is 19.0 Å². The fraction of sp³-hybridized carbons (Fsp3) is 0.517. The van der Waals surface area contributed by atoms with Crippen LogP contribution in [0.25, 0.3) is 33.7 Å². The van der Waals surface area contributed by atoms with Gasteiger partial charge in [0.05, 0.1) is 24.6 Å². The number of hydrogen-bond acceptors (Lipinski definition) is 4. The number of fused-ring (bicyclic) bond motifs is 2. The molecule has 3 aromatic heterocycles. The molecule has 190 valence electrons. The summed E-state index contributed by atoms with van der Waals surface area (Å²) in [5, 5.41) is 1.08. The second-order valence-corrected chi connectivity index (χ2v) is 11.2. The van der Waals surface area contributed by atoms with Crippen LogP contribution >= 0.6 is 0 Å². The van der Waals surface area contributed by atoms with E-state index in [1.807, 2.05) is 30.1 Å². The molecule has 1 aliphatic heterocycles. The maximum Gasteiger partial charge on any atom is 0.254 e. The molecule has 0 bridgehead atoms. The highest BCUT2D eigenvalue weighted by Crippen LogP contribution is 2.38. The molecule has 6 rings (SSSR count). The molecule has 1 saturated heterocycles. The Morgan fingerprint density at radius 3 is 2.72 bits per heavy atom. The van der Waals surface area contributed by atoms with Gasteiger partial charge < -0.3 is 23.2 Å². The molecule has 1 aliphatic carbocycles. The van der Waals surface area contributed by atoms with Gasteiger partial charge in [-0.2, -0.15) is 0 Å². The van der Waals surface area contributed by atoms with Gasteiger partial charge in [0, 0.05) is 37.1 Å². The van der Waals surface area contributed by atoms with E-state index in [0.717, 1.165) is 53.2 Å². The van der Waals surface area contributed by atoms with E-state index in [2.05, 4.69) is 36.0 Å². The first-order valence-corrected chi connectivity index (χ1v) is 13.3. The van der Waals surface area contributed by atoms with Crippen molar-refractivity contribution in [2.24, 2.45) is 24.8 Å². The molecule has 4 heterocycles. The summed E-state index contributed by atoms with van der Waals surface area (Å²) < 4.78 is 16.0. The lowest BCUT2D eigenvalue weighted by atomic mass is 9.85. The Bertz CT molecular complexity index is 1440. The third-order valence-corrected chi connectivity index (χ3v) is 8.39. The van der Waals surface area contributed by atoms with Crippen molar-refractivity contribution in [3.8, 4) is 17.3 Å². The second kappa shape index (κ2) is 8.71. The van der Waals surface area contributed by atoms with Crippen LogP contribution in [0.5, 0.6) is 5.75 Å². The summed E-state index contributed by atoms with van der Waals surface area (Å²) in [6, 6.07) is 8.22. The molecule has 1 saturated carbocycles. The number of ether oxygens (including phenoxy) is 1. The Kier molecular flexibility index (Phi) is 5.61. The number of amides is 1.